The number of hydrogen-bond acceptors (Lipinski definition) is 3. The zero-order valence-electron chi connectivity index (χ0n) is 6.59. The molecule has 1 heterocycles. The van der Waals surface area contributed by atoms with Crippen molar-refractivity contribution < 1.29 is 18.0 Å². The van der Waals surface area contributed by atoms with Crippen molar-refractivity contribution in [2.24, 2.45) is 0 Å². The average Bonchev–Trinajstić information content (AvgIpc) is 2.01. The lowest BCUT2D eigenvalue weighted by Crippen LogP contribution is -2.25. The molecule has 0 bridgehead atoms. The Kier molecular flexibility index (Phi) is 2.31. The van der Waals surface area contributed by atoms with E-state index < -0.39 is 17.8 Å². The van der Waals surface area contributed by atoms with Gasteiger partial charge in [-0.3, -0.25) is 4.79 Å². The zero-order valence-corrected chi connectivity index (χ0v) is 6.59. The van der Waals surface area contributed by atoms with Gasteiger partial charge in [0, 0.05) is 11.9 Å². The van der Waals surface area contributed by atoms with Crippen molar-refractivity contribution in [1.82, 2.24) is 9.97 Å². The Bertz CT molecular complexity index is 335. The number of aromatic nitrogens is 2. The first kappa shape index (κ1) is 9.63. The van der Waals surface area contributed by atoms with Crippen molar-refractivity contribution in [3.05, 3.63) is 23.8 Å². The topological polar surface area (TPSA) is 42.9 Å². The van der Waals surface area contributed by atoms with Crippen LogP contribution in [0.5, 0.6) is 0 Å². The van der Waals surface area contributed by atoms with Gasteiger partial charge in [0.15, 0.2) is 0 Å². The van der Waals surface area contributed by atoms with Gasteiger partial charge in [0.1, 0.15) is 0 Å². The predicted octanol–water partition coefficient (Wildman–Crippen LogP) is 1.53. The highest BCUT2D eigenvalue weighted by Crippen LogP contribution is 2.19. The molecule has 0 unspecified atom stereocenters. The van der Waals surface area contributed by atoms with Crippen molar-refractivity contribution in [1.29, 1.82) is 0 Å². The van der Waals surface area contributed by atoms with Gasteiger partial charge in [0.2, 0.25) is 5.82 Å². The monoisotopic (exact) mass is 190 g/mol. The number of carbonyl (C=O) groups excluding carboxylic acids is 1. The van der Waals surface area contributed by atoms with E-state index in [-0.39, 0.29) is 0 Å². The molecule has 0 amide bonds. The van der Waals surface area contributed by atoms with Gasteiger partial charge >= 0.3 is 12.0 Å². The van der Waals surface area contributed by atoms with Crippen LogP contribution in [-0.2, 0) is 0 Å². The molecule has 70 valence electrons. The van der Waals surface area contributed by atoms with E-state index in [9.17, 15) is 18.0 Å². The summed E-state index contributed by atoms with van der Waals surface area (Å²) in [6, 6.07) is 1.41. The third-order valence-corrected chi connectivity index (χ3v) is 1.26. The Morgan fingerprint density at radius 2 is 2.08 bits per heavy atom. The second-order valence-electron chi connectivity index (χ2n) is 2.35. The molecule has 1 aromatic rings. The van der Waals surface area contributed by atoms with Gasteiger partial charge in [-0.05, 0) is 13.0 Å². The van der Waals surface area contributed by atoms with Gasteiger partial charge in [0.05, 0.1) is 0 Å². The maximum atomic E-state index is 11.8. The van der Waals surface area contributed by atoms with Crippen molar-refractivity contribution in [3.8, 4) is 0 Å². The van der Waals surface area contributed by atoms with Crippen LogP contribution in [0.15, 0.2) is 12.3 Å². The molecule has 0 aliphatic carbocycles. The molecule has 0 saturated carbocycles. The van der Waals surface area contributed by atoms with Crippen LogP contribution in [-0.4, -0.2) is 21.9 Å². The molecule has 3 nitrogen and oxygen atoms in total. The molecular weight excluding hydrogens is 185 g/mol. The van der Waals surface area contributed by atoms with E-state index in [1.54, 1.807) is 0 Å². The third-order valence-electron chi connectivity index (χ3n) is 1.26. The summed E-state index contributed by atoms with van der Waals surface area (Å²) in [5, 5.41) is 0. The maximum Gasteiger partial charge on any atom is 0.458 e. The number of Topliss-reactive ketones (excluding diaryl/α,β-unsaturated/α-hetero) is 1. The van der Waals surface area contributed by atoms with Crippen LogP contribution in [0.2, 0.25) is 0 Å². The van der Waals surface area contributed by atoms with Gasteiger partial charge in [-0.15, -0.1) is 0 Å². The maximum absolute atomic E-state index is 11.8. The smallest absolute Gasteiger partial charge is 0.280 e. The lowest BCUT2D eigenvalue weighted by atomic mass is 10.3. The molecule has 0 aromatic carbocycles. The lowest BCUT2D eigenvalue weighted by Gasteiger charge is -2.02. The Hall–Kier alpha value is -1.46. The van der Waals surface area contributed by atoms with E-state index in [0.717, 1.165) is 6.20 Å². The summed E-state index contributed by atoms with van der Waals surface area (Å²) in [5.41, 5.74) is 0.322. The minimum Gasteiger partial charge on any atom is -0.280 e. The first-order chi connectivity index (χ1) is 5.91. The summed E-state index contributed by atoms with van der Waals surface area (Å²) < 4.78 is 35.5. The first-order valence-corrected chi connectivity index (χ1v) is 3.32. The Labute approximate surface area is 71.6 Å². The van der Waals surface area contributed by atoms with Crippen LogP contribution < -0.4 is 0 Å². The number of hydrogen-bond donors (Lipinski definition) is 0. The van der Waals surface area contributed by atoms with E-state index in [1.165, 1.54) is 13.0 Å². The summed E-state index contributed by atoms with van der Waals surface area (Å²) in [7, 11) is 0. The molecule has 0 saturated heterocycles. The highest BCUT2D eigenvalue weighted by molar-refractivity contribution is 5.96. The Balaban J connectivity index is 3.03. The highest BCUT2D eigenvalue weighted by atomic mass is 19.4. The number of rotatable bonds is 1. The number of alkyl halides is 3. The van der Waals surface area contributed by atoms with Crippen molar-refractivity contribution in [2.45, 2.75) is 13.1 Å². The number of carbonyl (C=O) groups is 1. The molecule has 6 heteroatoms. The van der Waals surface area contributed by atoms with Crippen molar-refractivity contribution in [3.63, 3.8) is 0 Å². The van der Waals surface area contributed by atoms with Crippen LogP contribution in [0.3, 0.4) is 0 Å². The fourth-order valence-electron chi connectivity index (χ4n) is 0.685. The number of halogens is 3. The van der Waals surface area contributed by atoms with Gasteiger partial charge in [-0.2, -0.15) is 13.2 Å². The molecule has 13 heavy (non-hydrogen) atoms. The summed E-state index contributed by atoms with van der Waals surface area (Å²) in [5.74, 6) is -2.83. The van der Waals surface area contributed by atoms with Gasteiger partial charge in [-0.25, -0.2) is 9.97 Å². The van der Waals surface area contributed by atoms with Gasteiger partial charge in [-0.1, -0.05) is 0 Å². The summed E-state index contributed by atoms with van der Waals surface area (Å²) >= 11 is 0. The largest absolute Gasteiger partial charge is 0.458 e. The Morgan fingerprint density at radius 3 is 2.54 bits per heavy atom. The van der Waals surface area contributed by atoms with Crippen molar-refractivity contribution >= 4 is 5.78 Å². The molecule has 1 rings (SSSR count). The molecule has 0 aliphatic rings. The Morgan fingerprint density at radius 1 is 1.46 bits per heavy atom. The molecule has 0 aliphatic heterocycles. The normalized spacial score (nSPS) is 11.4. The highest BCUT2D eigenvalue weighted by Gasteiger charge is 2.41. The summed E-state index contributed by atoms with van der Waals surface area (Å²) in [4.78, 5) is 17.2. The van der Waals surface area contributed by atoms with Crippen LogP contribution in [0.25, 0.3) is 0 Å². The fraction of sp³-hybridized carbons (Fsp3) is 0.286. The molecule has 0 N–H and O–H groups in total. The number of aryl methyl sites for hydroxylation is 1. The molecule has 0 atom stereocenters. The van der Waals surface area contributed by atoms with Crippen LogP contribution in [0, 0.1) is 6.92 Å². The zero-order chi connectivity index (χ0) is 10.1. The van der Waals surface area contributed by atoms with Crippen LogP contribution >= 0.6 is 0 Å². The molecular formula is C7H5F3N2O. The molecule has 0 radical (unpaired) electrons. The van der Waals surface area contributed by atoms with Crippen molar-refractivity contribution in [2.75, 3.05) is 0 Å². The van der Waals surface area contributed by atoms with E-state index in [1.807, 2.05) is 0 Å². The molecule has 1 aromatic heterocycles. The van der Waals surface area contributed by atoms with E-state index in [4.69, 9.17) is 0 Å². The van der Waals surface area contributed by atoms with Gasteiger partial charge in [0.25, 0.3) is 0 Å². The predicted molar refractivity (Wildman–Crippen MR) is 37.2 cm³/mol. The second-order valence-corrected chi connectivity index (χ2v) is 2.35. The lowest BCUT2D eigenvalue weighted by molar-refractivity contribution is -0.0891. The number of nitrogens with zero attached hydrogens (tertiary/aromatic N) is 2. The first-order valence-electron chi connectivity index (χ1n) is 3.32. The summed E-state index contributed by atoms with van der Waals surface area (Å²) in [6.07, 6.45) is -3.80. The SMILES string of the molecule is Cc1ccnc(C(=O)C(F)(F)F)n1. The van der Waals surface area contributed by atoms with Crippen LogP contribution in [0.4, 0.5) is 13.2 Å². The summed E-state index contributed by atoms with van der Waals surface area (Å²) in [6.45, 7) is 1.48. The quantitative estimate of drug-likeness (QED) is 0.630. The van der Waals surface area contributed by atoms with E-state index in [2.05, 4.69) is 9.97 Å². The minimum absolute atomic E-state index is 0.322. The fourth-order valence-corrected chi connectivity index (χ4v) is 0.685. The standard InChI is InChI=1S/C7H5F3N2O/c1-4-2-3-11-6(12-4)5(13)7(8,9)10/h2-3H,1H3. The third kappa shape index (κ3) is 2.24. The second kappa shape index (κ2) is 3.12. The van der Waals surface area contributed by atoms with Crippen LogP contribution in [0.1, 0.15) is 16.3 Å². The van der Waals surface area contributed by atoms with E-state index in [0.29, 0.717) is 5.69 Å². The molecule has 0 spiro atoms. The average molecular weight is 190 g/mol. The number of ketones is 1. The molecule has 0 fully saturated rings. The van der Waals surface area contributed by atoms with E-state index >= 15 is 0 Å². The van der Waals surface area contributed by atoms with Gasteiger partial charge < -0.3 is 0 Å². The minimum atomic E-state index is -4.91.